The van der Waals surface area contributed by atoms with E-state index in [1.807, 2.05) is 6.07 Å². The summed E-state index contributed by atoms with van der Waals surface area (Å²) in [6.07, 6.45) is -3.99. The van der Waals surface area contributed by atoms with Crippen LogP contribution < -0.4 is 10.9 Å². The van der Waals surface area contributed by atoms with Crippen molar-refractivity contribution in [3.63, 3.8) is 0 Å². The average Bonchev–Trinajstić information content (AvgIpc) is 2.79. The van der Waals surface area contributed by atoms with E-state index in [1.54, 1.807) is 23.6 Å². The summed E-state index contributed by atoms with van der Waals surface area (Å²) in [4.78, 5) is 43.0. The Hall–Kier alpha value is -3.65. The standard InChI is InChI=1S/C24H26F3N5O3/c1-15-17(16(2)29-23(35)18(15)13-28)7-8-22(34)32-11-9-31(10-12-32)14-21(33)30-20-6-4-3-5-19(20)24(25,26)27/h3-6H,7-12,14H2,1-2H3,(H,29,35)(H,30,33). The number of carbonyl (C=O) groups is 2. The number of aryl methyl sites for hydroxylation is 1. The van der Waals surface area contributed by atoms with Crippen LogP contribution in [0.5, 0.6) is 0 Å². The monoisotopic (exact) mass is 489 g/mol. The molecule has 0 atom stereocenters. The number of para-hydroxylation sites is 1. The number of pyridine rings is 1. The maximum Gasteiger partial charge on any atom is 0.418 e. The third-order valence-corrected chi connectivity index (χ3v) is 6.11. The minimum atomic E-state index is -4.57. The highest BCUT2D eigenvalue weighted by atomic mass is 19.4. The van der Waals surface area contributed by atoms with Gasteiger partial charge >= 0.3 is 6.18 Å². The highest BCUT2D eigenvalue weighted by Crippen LogP contribution is 2.34. The zero-order valence-corrected chi connectivity index (χ0v) is 19.5. The minimum absolute atomic E-state index is 0.0443. The molecule has 1 aromatic heterocycles. The molecule has 0 radical (unpaired) electrons. The second-order valence-corrected chi connectivity index (χ2v) is 8.42. The van der Waals surface area contributed by atoms with Crippen LogP contribution in [0.4, 0.5) is 18.9 Å². The Labute approximate surface area is 200 Å². The summed E-state index contributed by atoms with van der Waals surface area (Å²) < 4.78 is 39.4. The lowest BCUT2D eigenvalue weighted by Crippen LogP contribution is -2.50. The number of aromatic amines is 1. The molecule has 2 N–H and O–H groups in total. The number of benzene rings is 1. The Kier molecular flexibility index (Phi) is 7.96. The third kappa shape index (κ3) is 6.27. The number of aromatic nitrogens is 1. The summed E-state index contributed by atoms with van der Waals surface area (Å²) in [5.74, 6) is -0.643. The molecule has 1 fully saturated rings. The molecule has 0 bridgehead atoms. The normalized spacial score (nSPS) is 14.5. The molecule has 1 aromatic carbocycles. The molecule has 0 aliphatic carbocycles. The van der Waals surface area contributed by atoms with E-state index in [0.29, 0.717) is 43.9 Å². The van der Waals surface area contributed by atoms with Crippen molar-refractivity contribution in [3.8, 4) is 6.07 Å². The molecule has 2 amide bonds. The Bertz CT molecular complexity index is 1210. The van der Waals surface area contributed by atoms with Crippen LogP contribution >= 0.6 is 0 Å². The summed E-state index contributed by atoms with van der Waals surface area (Å²) in [7, 11) is 0. The van der Waals surface area contributed by atoms with Crippen molar-refractivity contribution in [1.82, 2.24) is 14.8 Å². The second kappa shape index (κ2) is 10.7. The van der Waals surface area contributed by atoms with E-state index in [4.69, 9.17) is 0 Å². The first kappa shape index (κ1) is 26.0. The Balaban J connectivity index is 1.51. The van der Waals surface area contributed by atoms with Gasteiger partial charge in [-0.05, 0) is 43.5 Å². The smallest absolute Gasteiger partial charge is 0.340 e. The number of amides is 2. The van der Waals surface area contributed by atoms with Crippen molar-refractivity contribution in [2.24, 2.45) is 0 Å². The summed E-state index contributed by atoms with van der Waals surface area (Å²) in [5.41, 5.74) is 0.378. The van der Waals surface area contributed by atoms with Gasteiger partial charge in [-0.2, -0.15) is 18.4 Å². The largest absolute Gasteiger partial charge is 0.418 e. The molecule has 0 unspecified atom stereocenters. The molecule has 186 valence electrons. The van der Waals surface area contributed by atoms with Crippen molar-refractivity contribution in [1.29, 1.82) is 5.26 Å². The minimum Gasteiger partial charge on any atom is -0.340 e. The molecule has 11 heteroatoms. The maximum atomic E-state index is 13.1. The van der Waals surface area contributed by atoms with Gasteiger partial charge in [0.15, 0.2) is 0 Å². The van der Waals surface area contributed by atoms with E-state index in [1.165, 1.54) is 18.2 Å². The first-order chi connectivity index (χ1) is 16.5. The van der Waals surface area contributed by atoms with E-state index in [2.05, 4.69) is 10.3 Å². The lowest BCUT2D eigenvalue weighted by atomic mass is 9.99. The number of halogens is 3. The van der Waals surface area contributed by atoms with Crippen molar-refractivity contribution in [3.05, 3.63) is 62.6 Å². The van der Waals surface area contributed by atoms with Gasteiger partial charge in [0, 0.05) is 38.3 Å². The lowest BCUT2D eigenvalue weighted by molar-refractivity contribution is -0.137. The Morgan fingerprint density at radius 1 is 1.14 bits per heavy atom. The van der Waals surface area contributed by atoms with Crippen molar-refractivity contribution < 1.29 is 22.8 Å². The number of nitriles is 1. The highest BCUT2D eigenvalue weighted by Gasteiger charge is 2.33. The van der Waals surface area contributed by atoms with Gasteiger partial charge in [0.1, 0.15) is 11.6 Å². The molecule has 0 saturated carbocycles. The topological polar surface area (TPSA) is 109 Å². The van der Waals surface area contributed by atoms with Gasteiger partial charge in [0.25, 0.3) is 5.56 Å². The van der Waals surface area contributed by atoms with E-state index < -0.39 is 23.2 Å². The quantitative estimate of drug-likeness (QED) is 0.649. The molecule has 3 rings (SSSR count). The van der Waals surface area contributed by atoms with E-state index in [-0.39, 0.29) is 30.1 Å². The second-order valence-electron chi connectivity index (χ2n) is 8.42. The number of piperazine rings is 1. The van der Waals surface area contributed by atoms with Gasteiger partial charge in [0.05, 0.1) is 17.8 Å². The van der Waals surface area contributed by atoms with E-state index >= 15 is 0 Å². The van der Waals surface area contributed by atoms with E-state index in [0.717, 1.165) is 11.6 Å². The number of hydrogen-bond donors (Lipinski definition) is 2. The van der Waals surface area contributed by atoms with Crippen LogP contribution in [0.2, 0.25) is 0 Å². The van der Waals surface area contributed by atoms with Crippen molar-refractivity contribution in [2.75, 3.05) is 38.0 Å². The first-order valence-corrected chi connectivity index (χ1v) is 11.1. The summed E-state index contributed by atoms with van der Waals surface area (Å²) in [5, 5.41) is 11.5. The van der Waals surface area contributed by atoms with Gasteiger partial charge < -0.3 is 15.2 Å². The molecule has 1 aliphatic heterocycles. The van der Waals surface area contributed by atoms with Crippen LogP contribution in [0.25, 0.3) is 0 Å². The van der Waals surface area contributed by atoms with Crippen LogP contribution in [0.1, 0.15) is 34.4 Å². The summed E-state index contributed by atoms with van der Waals surface area (Å²) >= 11 is 0. The van der Waals surface area contributed by atoms with Crippen molar-refractivity contribution >= 4 is 17.5 Å². The lowest BCUT2D eigenvalue weighted by Gasteiger charge is -2.34. The average molecular weight is 489 g/mol. The number of hydrogen-bond acceptors (Lipinski definition) is 5. The molecule has 1 aliphatic rings. The van der Waals surface area contributed by atoms with Gasteiger partial charge in [-0.3, -0.25) is 19.3 Å². The van der Waals surface area contributed by atoms with E-state index in [9.17, 15) is 32.8 Å². The fourth-order valence-corrected chi connectivity index (χ4v) is 4.20. The number of nitrogens with one attached hydrogen (secondary N) is 2. The first-order valence-electron chi connectivity index (χ1n) is 11.1. The van der Waals surface area contributed by atoms with Gasteiger partial charge in [-0.25, -0.2) is 0 Å². The number of alkyl halides is 3. The Morgan fingerprint density at radius 2 is 1.80 bits per heavy atom. The van der Waals surface area contributed by atoms with Gasteiger partial charge in [-0.15, -0.1) is 0 Å². The molecular formula is C24H26F3N5O3. The van der Waals surface area contributed by atoms with Gasteiger partial charge in [-0.1, -0.05) is 12.1 Å². The third-order valence-electron chi connectivity index (χ3n) is 6.11. The molecule has 2 heterocycles. The molecule has 1 saturated heterocycles. The van der Waals surface area contributed by atoms with Crippen molar-refractivity contribution in [2.45, 2.75) is 32.9 Å². The predicted octanol–water partition coefficient (Wildman–Crippen LogP) is 2.60. The highest BCUT2D eigenvalue weighted by molar-refractivity contribution is 5.93. The fourth-order valence-electron chi connectivity index (χ4n) is 4.20. The zero-order chi connectivity index (χ0) is 25.8. The fraction of sp³-hybridized carbons (Fsp3) is 0.417. The summed E-state index contributed by atoms with van der Waals surface area (Å²) in [6, 6.07) is 6.70. The molecule has 35 heavy (non-hydrogen) atoms. The molecule has 8 nitrogen and oxygen atoms in total. The molecule has 0 spiro atoms. The number of anilines is 1. The number of H-pyrrole nitrogens is 1. The zero-order valence-electron chi connectivity index (χ0n) is 19.5. The number of nitrogens with zero attached hydrogens (tertiary/aromatic N) is 3. The van der Waals surface area contributed by atoms with Crippen LogP contribution in [0.3, 0.4) is 0 Å². The van der Waals surface area contributed by atoms with Crippen LogP contribution in [0.15, 0.2) is 29.1 Å². The summed E-state index contributed by atoms with van der Waals surface area (Å²) in [6.45, 7) is 4.94. The van der Waals surface area contributed by atoms with Crippen LogP contribution in [-0.4, -0.2) is 59.3 Å². The predicted molar refractivity (Wildman–Crippen MR) is 123 cm³/mol. The van der Waals surface area contributed by atoms with Crippen LogP contribution in [0, 0.1) is 25.2 Å². The Morgan fingerprint density at radius 3 is 2.43 bits per heavy atom. The van der Waals surface area contributed by atoms with Gasteiger partial charge in [0.2, 0.25) is 11.8 Å². The number of carbonyl (C=O) groups excluding carboxylic acids is 2. The van der Waals surface area contributed by atoms with Crippen LogP contribution in [-0.2, 0) is 22.2 Å². The molecular weight excluding hydrogens is 463 g/mol. The maximum absolute atomic E-state index is 13.1. The number of rotatable bonds is 6. The molecule has 2 aromatic rings. The SMILES string of the molecule is Cc1[nH]c(=O)c(C#N)c(C)c1CCC(=O)N1CCN(CC(=O)Nc2ccccc2C(F)(F)F)CC1.